The average molecular weight is 921 g/mol. The standard InChI is InChI=1S/C51H62Cl4N2O3Si/c1-32-24-25-33(2)57(32)31-44(42(56-47-38(52)21-16-22-39(47)53)27-26-34-17-11-13-23-43(34)58-7)59-48-40(54)29-35-18-10-12-20-37(35)45(48)46-49(60-61(8,9)50(3,4)5)41(55)30-36-19-14-15-28-51(36,46)6/h11,13,16-17,21-27,29-30,35,37,44,46H,10,12,14-15,18-20,28,31H2,1-9H3/b27-26-,56-42+/t35?,37?,44-,46?,51?/m0/s1. The first-order valence-electron chi connectivity index (χ1n) is 22.0. The van der Waals surface area contributed by atoms with Gasteiger partial charge in [-0.3, -0.25) is 0 Å². The van der Waals surface area contributed by atoms with E-state index in [-0.39, 0.29) is 28.2 Å². The van der Waals surface area contributed by atoms with Gasteiger partial charge in [0, 0.05) is 22.4 Å². The second-order valence-corrected chi connectivity index (χ2v) is 25.5. The lowest BCUT2D eigenvalue weighted by atomic mass is 9.55. The Morgan fingerprint density at radius 1 is 0.934 bits per heavy atom. The van der Waals surface area contributed by atoms with E-state index in [4.69, 9.17) is 65.3 Å². The fourth-order valence-electron chi connectivity index (χ4n) is 9.68. The Labute approximate surface area is 385 Å². The van der Waals surface area contributed by atoms with Gasteiger partial charge in [-0.1, -0.05) is 129 Å². The fraction of sp³-hybridized carbons (Fsp3) is 0.471. The molecule has 326 valence electrons. The number of benzene rings is 2. The van der Waals surface area contributed by atoms with Crippen LogP contribution in [-0.2, 0) is 15.7 Å². The second-order valence-electron chi connectivity index (χ2n) is 19.2. The van der Waals surface area contributed by atoms with Crippen molar-refractivity contribution in [2.45, 2.75) is 124 Å². The summed E-state index contributed by atoms with van der Waals surface area (Å²) >= 11 is 29.0. The third-order valence-corrected chi connectivity index (χ3v) is 19.8. The number of nitrogens with zero attached hydrogens (tertiary/aromatic N) is 2. The molecule has 2 saturated carbocycles. The fourth-order valence-corrected chi connectivity index (χ4v) is 11.9. The Balaban J connectivity index is 1.49. The molecule has 2 aromatic carbocycles. The molecule has 4 aliphatic rings. The molecule has 61 heavy (non-hydrogen) atoms. The van der Waals surface area contributed by atoms with Crippen molar-refractivity contribution < 1.29 is 13.9 Å². The number of hydrogen-bond donors (Lipinski definition) is 0. The van der Waals surface area contributed by atoms with E-state index in [0.29, 0.717) is 43.8 Å². The number of allylic oxidation sites excluding steroid dienone is 6. The third kappa shape index (κ3) is 9.41. The molecule has 0 saturated heterocycles. The summed E-state index contributed by atoms with van der Waals surface area (Å²) in [5, 5.41) is 2.19. The monoisotopic (exact) mass is 918 g/mol. The van der Waals surface area contributed by atoms with Gasteiger partial charge in [0.25, 0.3) is 0 Å². The number of methoxy groups -OCH3 is 1. The number of aliphatic imine (C=N–C) groups is 1. The average Bonchev–Trinajstić information content (AvgIpc) is 3.53. The Morgan fingerprint density at radius 3 is 2.31 bits per heavy atom. The summed E-state index contributed by atoms with van der Waals surface area (Å²) in [7, 11) is -0.690. The summed E-state index contributed by atoms with van der Waals surface area (Å²) in [5.41, 5.74) is 6.61. The summed E-state index contributed by atoms with van der Waals surface area (Å²) in [6.07, 6.45) is 16.6. The van der Waals surface area contributed by atoms with Crippen LogP contribution >= 0.6 is 46.4 Å². The highest BCUT2D eigenvalue weighted by atomic mass is 35.5. The Morgan fingerprint density at radius 2 is 1.62 bits per heavy atom. The van der Waals surface area contributed by atoms with Crippen LogP contribution in [0.15, 0.2) is 111 Å². The van der Waals surface area contributed by atoms with E-state index in [0.717, 1.165) is 73.4 Å². The lowest BCUT2D eigenvalue weighted by Gasteiger charge is -2.52. The number of rotatable bonds is 12. The molecule has 7 rings (SSSR count). The largest absolute Gasteiger partial charge is 0.545 e. The normalized spacial score (nSPS) is 24.3. The van der Waals surface area contributed by atoms with Gasteiger partial charge >= 0.3 is 0 Å². The van der Waals surface area contributed by atoms with Gasteiger partial charge in [0.05, 0.1) is 45.4 Å². The van der Waals surface area contributed by atoms with Gasteiger partial charge < -0.3 is 18.5 Å². The van der Waals surface area contributed by atoms with Crippen molar-refractivity contribution in [1.82, 2.24) is 4.57 Å². The van der Waals surface area contributed by atoms with E-state index in [1.54, 1.807) is 7.11 Å². The molecule has 0 radical (unpaired) electrons. The molecule has 0 N–H and O–H groups in total. The van der Waals surface area contributed by atoms with Crippen LogP contribution in [0.25, 0.3) is 6.08 Å². The first-order valence-corrected chi connectivity index (χ1v) is 26.4. The number of ether oxygens (including phenoxy) is 2. The quantitative estimate of drug-likeness (QED) is 0.134. The zero-order valence-corrected chi connectivity index (χ0v) is 41.3. The molecule has 0 aliphatic heterocycles. The highest BCUT2D eigenvalue weighted by Gasteiger charge is 2.53. The molecule has 4 unspecified atom stereocenters. The van der Waals surface area contributed by atoms with Crippen molar-refractivity contribution in [2.24, 2.45) is 28.2 Å². The van der Waals surface area contributed by atoms with Crippen LogP contribution < -0.4 is 4.74 Å². The summed E-state index contributed by atoms with van der Waals surface area (Å²) in [5.74, 6) is 2.67. The first kappa shape index (κ1) is 45.9. The maximum absolute atomic E-state index is 7.70. The molecule has 4 aliphatic carbocycles. The smallest absolute Gasteiger partial charge is 0.250 e. The van der Waals surface area contributed by atoms with Crippen LogP contribution in [0.1, 0.15) is 96.0 Å². The molecular weight excluding hydrogens is 858 g/mol. The maximum Gasteiger partial charge on any atom is 0.250 e. The molecule has 0 spiro atoms. The van der Waals surface area contributed by atoms with Gasteiger partial charge in [0.2, 0.25) is 8.32 Å². The Kier molecular flexibility index (Phi) is 13.9. The lowest BCUT2D eigenvalue weighted by molar-refractivity contribution is 0.121. The van der Waals surface area contributed by atoms with Gasteiger partial charge in [0.1, 0.15) is 23.0 Å². The van der Waals surface area contributed by atoms with Crippen LogP contribution in [0, 0.1) is 37.0 Å². The molecule has 10 heteroatoms. The van der Waals surface area contributed by atoms with Crippen molar-refractivity contribution in [3.63, 3.8) is 0 Å². The minimum absolute atomic E-state index is 0.0406. The number of aryl methyl sites for hydroxylation is 2. The van der Waals surface area contributed by atoms with Crippen LogP contribution in [0.5, 0.6) is 5.75 Å². The van der Waals surface area contributed by atoms with Gasteiger partial charge in [0.15, 0.2) is 6.10 Å². The van der Waals surface area contributed by atoms with E-state index < -0.39 is 14.4 Å². The predicted octanol–water partition coefficient (Wildman–Crippen LogP) is 16.1. The molecule has 0 amide bonds. The van der Waals surface area contributed by atoms with Crippen molar-refractivity contribution >= 4 is 72.2 Å². The predicted molar refractivity (Wildman–Crippen MR) is 260 cm³/mol. The summed E-state index contributed by atoms with van der Waals surface area (Å²) in [6, 6.07) is 17.7. The number of hydrogen-bond acceptors (Lipinski definition) is 4. The number of para-hydroxylation sites is 2. The van der Waals surface area contributed by atoms with Gasteiger partial charge in [-0.05, 0) is 130 Å². The van der Waals surface area contributed by atoms with Gasteiger partial charge in [-0.15, -0.1) is 0 Å². The lowest BCUT2D eigenvalue weighted by Crippen LogP contribution is -2.47. The zero-order valence-electron chi connectivity index (χ0n) is 37.3. The summed E-state index contributed by atoms with van der Waals surface area (Å²) in [6.45, 7) is 18.7. The topological polar surface area (TPSA) is 45.0 Å². The molecule has 5 nitrogen and oxygen atoms in total. The molecular formula is C51H62Cl4N2O3Si. The second kappa shape index (κ2) is 18.5. The SMILES string of the molecule is COc1ccccc1/C=C\C(=N/c1c(Cl)cccc1Cl)[C@H](Cn1c(C)ccc1C)OC1=C(C2C(O[Si](C)(C)C(C)(C)C)=C(Cl)C=C3CCCCC32C)C2CCCCC2C=C1Cl. The molecule has 1 heterocycles. The number of aromatic nitrogens is 1. The van der Waals surface area contributed by atoms with Crippen molar-refractivity contribution in [3.8, 4) is 5.75 Å². The van der Waals surface area contributed by atoms with Crippen molar-refractivity contribution in [3.05, 3.63) is 133 Å². The van der Waals surface area contributed by atoms with Crippen LogP contribution in [-0.4, -0.2) is 31.8 Å². The minimum atomic E-state index is -2.37. The van der Waals surface area contributed by atoms with Crippen LogP contribution in [0.3, 0.4) is 0 Å². The van der Waals surface area contributed by atoms with Crippen LogP contribution in [0.2, 0.25) is 28.2 Å². The Bertz CT molecular complexity index is 2290. The minimum Gasteiger partial charge on any atom is -0.545 e. The van der Waals surface area contributed by atoms with E-state index in [1.807, 2.05) is 54.6 Å². The molecule has 1 aromatic heterocycles. The molecule has 3 aromatic rings. The molecule has 0 bridgehead atoms. The van der Waals surface area contributed by atoms with E-state index in [2.05, 4.69) is 83.5 Å². The highest BCUT2D eigenvalue weighted by Crippen LogP contribution is 2.61. The maximum atomic E-state index is 7.70. The van der Waals surface area contributed by atoms with Crippen molar-refractivity contribution in [2.75, 3.05) is 7.11 Å². The Hall–Kier alpha value is -3.13. The van der Waals surface area contributed by atoms with E-state index in [9.17, 15) is 0 Å². The number of fused-ring (bicyclic) bond motifs is 2. The summed E-state index contributed by atoms with van der Waals surface area (Å²) in [4.78, 5) is 5.30. The number of halogens is 4. The third-order valence-electron chi connectivity index (χ3n) is 14.2. The molecule has 5 atom stereocenters. The first-order chi connectivity index (χ1) is 28.9. The highest BCUT2D eigenvalue weighted by molar-refractivity contribution is 6.74. The molecule has 2 fully saturated rings. The van der Waals surface area contributed by atoms with E-state index in [1.165, 1.54) is 17.6 Å². The summed E-state index contributed by atoms with van der Waals surface area (Å²) < 4.78 is 23.2. The zero-order chi connectivity index (χ0) is 43.9. The van der Waals surface area contributed by atoms with Crippen LogP contribution in [0.4, 0.5) is 5.69 Å². The van der Waals surface area contributed by atoms with E-state index >= 15 is 0 Å². The van der Waals surface area contributed by atoms with Gasteiger partial charge in [-0.25, -0.2) is 4.99 Å². The van der Waals surface area contributed by atoms with Gasteiger partial charge in [-0.2, -0.15) is 0 Å². The van der Waals surface area contributed by atoms with Crippen molar-refractivity contribution in [1.29, 1.82) is 0 Å².